The fraction of sp³-hybridized carbons (Fsp3) is 0.854. The summed E-state index contributed by atoms with van der Waals surface area (Å²) in [6.45, 7) is 10.1. The maximum absolute atomic E-state index is 14.7. The molecule has 0 bridgehead atoms. The van der Waals surface area contributed by atoms with Crippen molar-refractivity contribution < 1.29 is 47.5 Å². The molecule has 304 valence electrons. The third-order valence-corrected chi connectivity index (χ3v) is 13.6. The number of nitroso groups, excluding NO2 is 1. The van der Waals surface area contributed by atoms with E-state index in [1.54, 1.807) is 28.4 Å². The maximum Gasteiger partial charge on any atom is 0.306 e. The number of hydrogen-bond donors (Lipinski definition) is 0. The average Bonchev–Trinajstić information content (AvgIpc) is 3.74. The fourth-order valence-corrected chi connectivity index (χ4v) is 10.6. The molecule has 0 radical (unpaired) electrons. The van der Waals surface area contributed by atoms with Gasteiger partial charge in [0, 0.05) is 46.6 Å². The Morgan fingerprint density at radius 3 is 2.26 bits per heavy atom. The Morgan fingerprint density at radius 2 is 1.59 bits per heavy atom. The van der Waals surface area contributed by atoms with Gasteiger partial charge in [0.05, 0.1) is 42.2 Å². The van der Waals surface area contributed by atoms with E-state index in [0.29, 0.717) is 25.7 Å². The summed E-state index contributed by atoms with van der Waals surface area (Å²) in [6, 6.07) is -0.128. The average molecular weight is 761 g/mol. The van der Waals surface area contributed by atoms with Gasteiger partial charge in [0.2, 0.25) is 0 Å². The summed E-state index contributed by atoms with van der Waals surface area (Å²) in [5, 5.41) is 4.50. The van der Waals surface area contributed by atoms with Crippen LogP contribution >= 0.6 is 0 Å². The normalized spacial score (nSPS) is 44.4. The second-order valence-corrected chi connectivity index (χ2v) is 16.7. The highest BCUT2D eigenvalue weighted by atomic mass is 16.7. The largest absolute Gasteiger partial charge is 0.462 e. The molecular formula is C41H64N2O11. The van der Waals surface area contributed by atoms with Crippen LogP contribution in [0.2, 0.25) is 0 Å². The molecule has 3 saturated heterocycles. The van der Waals surface area contributed by atoms with Crippen molar-refractivity contribution in [3.63, 3.8) is 0 Å². The van der Waals surface area contributed by atoms with Crippen molar-refractivity contribution in [3.05, 3.63) is 28.2 Å². The lowest BCUT2D eigenvalue weighted by atomic mass is 9.67. The lowest BCUT2D eigenvalue weighted by Crippen LogP contribution is -2.59. The molecule has 13 heteroatoms. The predicted octanol–water partition coefficient (Wildman–Crippen LogP) is 5.93. The Morgan fingerprint density at radius 1 is 0.852 bits per heavy atom. The van der Waals surface area contributed by atoms with E-state index in [9.17, 15) is 14.5 Å². The predicted molar refractivity (Wildman–Crippen MR) is 199 cm³/mol. The Labute approximate surface area is 321 Å². The number of cyclic esters (lactones) is 1. The molecule has 0 aromatic heterocycles. The van der Waals surface area contributed by atoms with E-state index in [4.69, 9.17) is 37.9 Å². The van der Waals surface area contributed by atoms with Crippen molar-refractivity contribution in [2.24, 2.45) is 40.8 Å². The first-order valence-electron chi connectivity index (χ1n) is 20.3. The molecule has 0 aromatic rings. The Kier molecular flexibility index (Phi) is 13.7. The standard InChI is InChI=1S/C41H64N2O11/c1-10-25-12-11-13-34(54-36-15-14-33(23(4)50-36)43(6)42-46)22(3)37(45)32-19-30-28(31(32)20-35(44)52-25)16-21(2)27-17-26(18-29(27)30)53-41-40(49-9)39(48-8)38(47-7)24(5)51-41/h16,19,22-31,33-34,36,38-41H,10-15,17-18,20H2,1-9H3/t22-,23-,24+,25+,26-,27+,28-,29-,30-,31+,33+,34+,36+,38+,39-,40-,41+/m1/s1. The smallest absolute Gasteiger partial charge is 0.306 e. The minimum absolute atomic E-state index is 0.00646. The van der Waals surface area contributed by atoms with Crippen LogP contribution in [-0.4, -0.2) is 113 Å². The van der Waals surface area contributed by atoms with Crippen molar-refractivity contribution in [1.29, 1.82) is 0 Å². The van der Waals surface area contributed by atoms with Gasteiger partial charge in [-0.25, -0.2) is 0 Å². The van der Waals surface area contributed by atoms with Crippen molar-refractivity contribution in [2.75, 3.05) is 28.4 Å². The molecule has 0 aromatic carbocycles. The van der Waals surface area contributed by atoms with Crippen molar-refractivity contribution in [1.82, 2.24) is 5.01 Å². The zero-order valence-electron chi connectivity index (χ0n) is 33.7. The molecular weight excluding hydrogens is 696 g/mol. The number of carbonyl (C=O) groups is 2. The summed E-state index contributed by atoms with van der Waals surface area (Å²) >= 11 is 0. The summed E-state index contributed by atoms with van der Waals surface area (Å²) < 4.78 is 49.5. The van der Waals surface area contributed by atoms with Crippen LogP contribution in [0.3, 0.4) is 0 Å². The van der Waals surface area contributed by atoms with Gasteiger partial charge in [0.1, 0.15) is 24.4 Å². The van der Waals surface area contributed by atoms with Crippen LogP contribution in [0.4, 0.5) is 0 Å². The highest BCUT2D eigenvalue weighted by molar-refractivity contribution is 5.99. The molecule has 13 nitrogen and oxygen atoms in total. The van der Waals surface area contributed by atoms with Gasteiger partial charge in [-0.05, 0) is 95.0 Å². The number of hydrogen-bond acceptors (Lipinski definition) is 12. The van der Waals surface area contributed by atoms with Gasteiger partial charge >= 0.3 is 5.97 Å². The van der Waals surface area contributed by atoms with E-state index < -0.39 is 24.6 Å². The number of methoxy groups -OCH3 is 3. The van der Waals surface area contributed by atoms with Gasteiger partial charge in [-0.15, -0.1) is 4.91 Å². The summed E-state index contributed by atoms with van der Waals surface area (Å²) in [4.78, 5) is 39.5. The molecule has 6 rings (SSSR count). The summed E-state index contributed by atoms with van der Waals surface area (Å²) in [6.07, 6.45) is 7.09. The van der Waals surface area contributed by atoms with Gasteiger partial charge < -0.3 is 37.9 Å². The van der Waals surface area contributed by atoms with E-state index in [0.717, 1.165) is 31.3 Å². The number of rotatable bonds is 10. The molecule has 3 aliphatic heterocycles. The van der Waals surface area contributed by atoms with Crippen LogP contribution in [0.5, 0.6) is 0 Å². The lowest BCUT2D eigenvalue weighted by molar-refractivity contribution is -0.314. The second kappa shape index (κ2) is 17.9. The number of fused-ring (bicyclic) bond motifs is 5. The van der Waals surface area contributed by atoms with Gasteiger partial charge in [0.25, 0.3) is 0 Å². The molecule has 0 amide bonds. The molecule has 54 heavy (non-hydrogen) atoms. The molecule has 0 N–H and O–H groups in total. The van der Waals surface area contributed by atoms with E-state index in [1.165, 1.54) is 10.6 Å². The van der Waals surface area contributed by atoms with Crippen LogP contribution in [0.25, 0.3) is 0 Å². The van der Waals surface area contributed by atoms with Gasteiger partial charge in [-0.3, -0.25) is 14.6 Å². The van der Waals surface area contributed by atoms with Crippen molar-refractivity contribution >= 4 is 11.8 Å². The summed E-state index contributed by atoms with van der Waals surface area (Å²) in [5.74, 6) is -0.309. The van der Waals surface area contributed by atoms with E-state index >= 15 is 0 Å². The lowest BCUT2D eigenvalue weighted by Gasteiger charge is -2.44. The number of likely N-dealkylation sites (N-methyl/N-ethyl adjacent to an activating group) is 1. The van der Waals surface area contributed by atoms with Gasteiger partial charge in [-0.2, -0.15) is 0 Å². The zero-order chi connectivity index (χ0) is 38.8. The number of ketones is 1. The van der Waals surface area contributed by atoms with Crippen LogP contribution in [0, 0.1) is 40.4 Å². The minimum Gasteiger partial charge on any atom is -0.462 e. The molecule has 4 fully saturated rings. The first-order chi connectivity index (χ1) is 25.9. The van der Waals surface area contributed by atoms with Crippen molar-refractivity contribution in [2.45, 2.75) is 160 Å². The number of ether oxygens (including phenoxy) is 8. The Bertz CT molecular complexity index is 1390. The van der Waals surface area contributed by atoms with Crippen LogP contribution < -0.4 is 0 Å². The number of carbonyl (C=O) groups excluding carboxylic acids is 2. The number of allylic oxidation sites excluding steroid dienone is 4. The molecule has 3 aliphatic carbocycles. The zero-order valence-corrected chi connectivity index (χ0v) is 33.7. The third-order valence-electron chi connectivity index (χ3n) is 13.6. The van der Waals surface area contributed by atoms with Crippen LogP contribution in [0.15, 0.2) is 28.6 Å². The summed E-state index contributed by atoms with van der Waals surface area (Å²) in [7, 11) is 6.62. The van der Waals surface area contributed by atoms with Gasteiger partial charge in [-0.1, -0.05) is 31.6 Å². The van der Waals surface area contributed by atoms with E-state index in [1.807, 2.05) is 27.7 Å². The summed E-state index contributed by atoms with van der Waals surface area (Å²) in [5.41, 5.74) is 2.00. The molecule has 1 saturated carbocycles. The Hall–Kier alpha value is -2.26. The van der Waals surface area contributed by atoms with Crippen LogP contribution in [0.1, 0.15) is 92.4 Å². The SMILES string of the molecule is CC[C@H]1CCC[C@H](O[C@H]2CC[C@H](N(C)N=O)[C@@H](C)O2)[C@@H](C)C(=O)C2=C[C@@H]3[C@@H](C=C(C)[C@@H]4C[C@@H](O[C@@H]5O[C@@H](C)[C@H](OC)[C@@H](OC)[C@H]5OC)C[C@@H]34)[C@@H]2CC(=O)O1. The molecule has 17 atom stereocenters. The highest BCUT2D eigenvalue weighted by Gasteiger charge is 2.53. The number of esters is 1. The van der Waals surface area contributed by atoms with E-state index in [-0.39, 0.29) is 96.5 Å². The number of Topliss-reactive ketones (excluding diaryl/α,β-unsaturated/α-hetero) is 1. The van der Waals surface area contributed by atoms with Crippen molar-refractivity contribution in [3.8, 4) is 0 Å². The first-order valence-corrected chi connectivity index (χ1v) is 20.3. The Balaban J connectivity index is 1.23. The first kappa shape index (κ1) is 41.4. The molecule has 3 heterocycles. The molecule has 6 aliphatic rings. The number of nitrogens with zero attached hydrogens (tertiary/aromatic N) is 2. The third kappa shape index (κ3) is 8.38. The minimum atomic E-state index is -0.617. The molecule has 0 spiro atoms. The topological polar surface area (TPSA) is 141 Å². The fourth-order valence-electron chi connectivity index (χ4n) is 10.6. The van der Waals surface area contributed by atoms with Gasteiger partial charge in [0.15, 0.2) is 18.4 Å². The van der Waals surface area contributed by atoms with Crippen LogP contribution in [-0.2, 0) is 47.5 Å². The monoisotopic (exact) mass is 760 g/mol. The van der Waals surface area contributed by atoms with E-state index in [2.05, 4.69) is 24.4 Å². The quantitative estimate of drug-likeness (QED) is 0.113. The maximum atomic E-state index is 14.7. The second-order valence-electron chi connectivity index (χ2n) is 16.7. The molecule has 0 unspecified atom stereocenters. The highest BCUT2D eigenvalue weighted by Crippen LogP contribution is 2.56.